The van der Waals surface area contributed by atoms with Crippen LogP contribution in [0.5, 0.6) is 0 Å². The average Bonchev–Trinajstić information content (AvgIpc) is 2.90. The molecule has 0 unspecified atom stereocenters. The first-order valence-corrected chi connectivity index (χ1v) is 6.95. The number of hydrogen-bond donors (Lipinski definition) is 2. The Morgan fingerprint density at radius 1 is 1.24 bits per heavy atom. The number of benzene rings is 1. The molecule has 3 rings (SSSR count). The molecule has 0 atom stereocenters. The Bertz CT molecular complexity index is 776. The van der Waals surface area contributed by atoms with Crippen molar-refractivity contribution in [3.05, 3.63) is 65.6 Å². The van der Waals surface area contributed by atoms with Gasteiger partial charge in [0.05, 0.1) is 6.42 Å². The van der Waals surface area contributed by atoms with E-state index in [1.165, 1.54) is 0 Å². The van der Waals surface area contributed by atoms with Gasteiger partial charge in [0, 0.05) is 36.0 Å². The highest BCUT2D eigenvalue weighted by Crippen LogP contribution is 2.18. The lowest BCUT2D eigenvalue weighted by atomic mass is 10.1. The van der Waals surface area contributed by atoms with E-state index in [9.17, 15) is 4.79 Å². The van der Waals surface area contributed by atoms with Crippen LogP contribution in [0, 0.1) is 6.92 Å². The number of aromatic nitrogens is 2. The summed E-state index contributed by atoms with van der Waals surface area (Å²) in [4.78, 5) is 19.3. The van der Waals surface area contributed by atoms with Crippen molar-refractivity contribution in [2.45, 2.75) is 19.9 Å². The number of nitrogens with zero attached hydrogens (tertiary/aromatic N) is 1. The number of pyridine rings is 1. The standard InChI is InChI=1S/C17H17N3O/c1-12-9-18-7-6-13(12)10-20-17(21)8-14-11-19-16-5-3-2-4-15(14)16/h2-7,9,11,19H,8,10H2,1H3,(H,20,21). The SMILES string of the molecule is Cc1cnccc1CNC(=O)Cc1c[nH]c2ccccc12. The number of hydrogen-bond acceptors (Lipinski definition) is 2. The summed E-state index contributed by atoms with van der Waals surface area (Å²) in [5.41, 5.74) is 4.27. The molecule has 2 N–H and O–H groups in total. The minimum Gasteiger partial charge on any atom is -0.361 e. The molecule has 0 bridgehead atoms. The van der Waals surface area contributed by atoms with Gasteiger partial charge in [0.15, 0.2) is 0 Å². The van der Waals surface area contributed by atoms with Crippen molar-refractivity contribution in [3.8, 4) is 0 Å². The number of fused-ring (bicyclic) bond motifs is 1. The van der Waals surface area contributed by atoms with Gasteiger partial charge in [-0.05, 0) is 35.7 Å². The minimum atomic E-state index is 0.0240. The third-order valence-corrected chi connectivity index (χ3v) is 3.64. The molecule has 0 aliphatic rings. The molecular weight excluding hydrogens is 262 g/mol. The molecule has 1 aromatic carbocycles. The number of nitrogens with one attached hydrogen (secondary N) is 2. The normalized spacial score (nSPS) is 10.7. The molecule has 4 nitrogen and oxygen atoms in total. The topological polar surface area (TPSA) is 57.8 Å². The Morgan fingerprint density at radius 2 is 2.10 bits per heavy atom. The van der Waals surface area contributed by atoms with Crippen molar-refractivity contribution in [3.63, 3.8) is 0 Å². The fourth-order valence-electron chi connectivity index (χ4n) is 2.41. The van der Waals surface area contributed by atoms with E-state index in [2.05, 4.69) is 15.3 Å². The van der Waals surface area contributed by atoms with Crippen LogP contribution in [0.1, 0.15) is 16.7 Å². The van der Waals surface area contributed by atoms with E-state index in [4.69, 9.17) is 0 Å². The molecule has 4 heteroatoms. The van der Waals surface area contributed by atoms with Crippen molar-refractivity contribution in [2.24, 2.45) is 0 Å². The molecule has 3 aromatic rings. The fourth-order valence-corrected chi connectivity index (χ4v) is 2.41. The van der Waals surface area contributed by atoms with Gasteiger partial charge in [-0.25, -0.2) is 0 Å². The van der Waals surface area contributed by atoms with Gasteiger partial charge < -0.3 is 10.3 Å². The molecule has 106 valence electrons. The highest BCUT2D eigenvalue weighted by Gasteiger charge is 2.08. The van der Waals surface area contributed by atoms with Crippen LogP contribution in [0.4, 0.5) is 0 Å². The van der Waals surface area contributed by atoms with Crippen LogP contribution in [-0.2, 0) is 17.8 Å². The Kier molecular flexibility index (Phi) is 3.69. The van der Waals surface area contributed by atoms with Gasteiger partial charge in [-0.2, -0.15) is 0 Å². The lowest BCUT2D eigenvalue weighted by Gasteiger charge is -2.07. The predicted molar refractivity (Wildman–Crippen MR) is 82.8 cm³/mol. The molecule has 0 radical (unpaired) electrons. The maximum atomic E-state index is 12.1. The van der Waals surface area contributed by atoms with E-state index in [-0.39, 0.29) is 5.91 Å². The highest BCUT2D eigenvalue weighted by atomic mass is 16.1. The maximum absolute atomic E-state index is 12.1. The number of H-pyrrole nitrogens is 1. The third kappa shape index (κ3) is 2.94. The van der Waals surface area contributed by atoms with E-state index < -0.39 is 0 Å². The van der Waals surface area contributed by atoms with Crippen LogP contribution in [0.15, 0.2) is 48.9 Å². The van der Waals surface area contributed by atoms with Gasteiger partial charge in [0.1, 0.15) is 0 Å². The van der Waals surface area contributed by atoms with E-state index in [0.29, 0.717) is 13.0 Å². The zero-order chi connectivity index (χ0) is 14.7. The Balaban J connectivity index is 1.66. The summed E-state index contributed by atoms with van der Waals surface area (Å²) < 4.78 is 0. The van der Waals surface area contributed by atoms with Gasteiger partial charge in [0.25, 0.3) is 0 Å². The van der Waals surface area contributed by atoms with Gasteiger partial charge >= 0.3 is 0 Å². The number of carbonyl (C=O) groups is 1. The second kappa shape index (κ2) is 5.79. The zero-order valence-electron chi connectivity index (χ0n) is 11.9. The molecule has 0 saturated carbocycles. The second-order valence-corrected chi connectivity index (χ2v) is 5.12. The highest BCUT2D eigenvalue weighted by molar-refractivity contribution is 5.88. The van der Waals surface area contributed by atoms with Crippen LogP contribution < -0.4 is 5.32 Å². The second-order valence-electron chi connectivity index (χ2n) is 5.12. The Morgan fingerprint density at radius 3 is 2.95 bits per heavy atom. The van der Waals surface area contributed by atoms with Crippen molar-refractivity contribution >= 4 is 16.8 Å². The van der Waals surface area contributed by atoms with Gasteiger partial charge in [0.2, 0.25) is 5.91 Å². The first-order valence-electron chi connectivity index (χ1n) is 6.95. The summed E-state index contributed by atoms with van der Waals surface area (Å²) in [6.07, 6.45) is 5.84. The van der Waals surface area contributed by atoms with Crippen LogP contribution in [0.25, 0.3) is 10.9 Å². The van der Waals surface area contributed by atoms with Crippen molar-refractivity contribution in [1.29, 1.82) is 0 Å². The van der Waals surface area contributed by atoms with Gasteiger partial charge in [-0.1, -0.05) is 18.2 Å². The number of rotatable bonds is 4. The number of aromatic amines is 1. The summed E-state index contributed by atoms with van der Waals surface area (Å²) in [7, 11) is 0. The molecule has 21 heavy (non-hydrogen) atoms. The van der Waals surface area contributed by atoms with Crippen molar-refractivity contribution in [1.82, 2.24) is 15.3 Å². The quantitative estimate of drug-likeness (QED) is 0.771. The largest absolute Gasteiger partial charge is 0.361 e. The molecule has 1 amide bonds. The van der Waals surface area contributed by atoms with E-state index in [1.54, 1.807) is 12.4 Å². The summed E-state index contributed by atoms with van der Waals surface area (Å²) in [6, 6.07) is 9.94. The molecule has 0 saturated heterocycles. The predicted octanol–water partition coefficient (Wildman–Crippen LogP) is 2.73. The molecule has 2 heterocycles. The summed E-state index contributed by atoms with van der Waals surface area (Å²) in [5.74, 6) is 0.0240. The van der Waals surface area contributed by atoms with E-state index in [1.807, 2.05) is 43.5 Å². The molecule has 0 fully saturated rings. The van der Waals surface area contributed by atoms with E-state index in [0.717, 1.165) is 27.6 Å². The van der Waals surface area contributed by atoms with Crippen LogP contribution in [-0.4, -0.2) is 15.9 Å². The number of carbonyl (C=O) groups excluding carboxylic acids is 1. The van der Waals surface area contributed by atoms with Crippen LogP contribution in [0.3, 0.4) is 0 Å². The maximum Gasteiger partial charge on any atom is 0.224 e. The van der Waals surface area contributed by atoms with Crippen molar-refractivity contribution in [2.75, 3.05) is 0 Å². The minimum absolute atomic E-state index is 0.0240. The van der Waals surface area contributed by atoms with Gasteiger partial charge in [-0.15, -0.1) is 0 Å². The summed E-state index contributed by atoms with van der Waals surface area (Å²) >= 11 is 0. The molecular formula is C17H17N3O. The van der Waals surface area contributed by atoms with E-state index >= 15 is 0 Å². The van der Waals surface area contributed by atoms with Crippen molar-refractivity contribution < 1.29 is 4.79 Å². The molecule has 2 aromatic heterocycles. The third-order valence-electron chi connectivity index (χ3n) is 3.64. The first-order chi connectivity index (χ1) is 10.2. The number of amides is 1. The molecule has 0 spiro atoms. The summed E-state index contributed by atoms with van der Waals surface area (Å²) in [6.45, 7) is 2.53. The zero-order valence-corrected chi connectivity index (χ0v) is 11.9. The van der Waals surface area contributed by atoms with Crippen LogP contribution in [0.2, 0.25) is 0 Å². The number of aryl methyl sites for hydroxylation is 1. The first kappa shape index (κ1) is 13.4. The average molecular weight is 279 g/mol. The fraction of sp³-hybridized carbons (Fsp3) is 0.176. The molecule has 0 aliphatic heterocycles. The Labute approximate surface area is 123 Å². The molecule has 0 aliphatic carbocycles. The Hall–Kier alpha value is -2.62. The summed E-state index contributed by atoms with van der Waals surface area (Å²) in [5, 5.41) is 4.07. The van der Waals surface area contributed by atoms with Crippen LogP contribution >= 0.6 is 0 Å². The monoisotopic (exact) mass is 279 g/mol. The lowest BCUT2D eigenvalue weighted by molar-refractivity contribution is -0.120. The smallest absolute Gasteiger partial charge is 0.224 e. The van der Waals surface area contributed by atoms with Gasteiger partial charge in [-0.3, -0.25) is 9.78 Å². The number of para-hydroxylation sites is 1. The lowest BCUT2D eigenvalue weighted by Crippen LogP contribution is -2.24.